The number of rotatable bonds is 5. The molecule has 0 spiro atoms. The summed E-state index contributed by atoms with van der Waals surface area (Å²) < 4.78 is 5.12. The number of ether oxygens (including phenoxy) is 1. The first kappa shape index (κ1) is 14.5. The van der Waals surface area contributed by atoms with Crippen molar-refractivity contribution >= 4 is 5.91 Å². The largest absolute Gasteiger partial charge is 0.497 e. The zero-order valence-electron chi connectivity index (χ0n) is 11.5. The molecule has 0 bridgehead atoms. The number of amides is 1. The Bertz CT molecular complexity index is 414. The molecular formula is C14H22N2O2. The van der Waals surface area contributed by atoms with Gasteiger partial charge >= 0.3 is 0 Å². The van der Waals surface area contributed by atoms with Crippen LogP contribution in [-0.4, -0.2) is 24.6 Å². The molecule has 4 nitrogen and oxygen atoms in total. The highest BCUT2D eigenvalue weighted by Gasteiger charge is 2.24. The van der Waals surface area contributed by atoms with Gasteiger partial charge in [-0.2, -0.15) is 0 Å². The van der Waals surface area contributed by atoms with Gasteiger partial charge in [0.05, 0.1) is 13.5 Å². The van der Waals surface area contributed by atoms with Crippen LogP contribution in [0.4, 0.5) is 0 Å². The van der Waals surface area contributed by atoms with E-state index >= 15 is 0 Å². The van der Waals surface area contributed by atoms with Gasteiger partial charge in [-0.25, -0.2) is 0 Å². The summed E-state index contributed by atoms with van der Waals surface area (Å²) in [7, 11) is 1.61. The quantitative estimate of drug-likeness (QED) is 0.832. The van der Waals surface area contributed by atoms with Crippen LogP contribution in [0.3, 0.4) is 0 Å². The Morgan fingerprint density at radius 1 is 1.50 bits per heavy atom. The van der Waals surface area contributed by atoms with E-state index in [0.29, 0.717) is 6.42 Å². The van der Waals surface area contributed by atoms with Crippen LogP contribution in [-0.2, 0) is 11.2 Å². The van der Waals surface area contributed by atoms with Crippen LogP contribution in [0.25, 0.3) is 0 Å². The molecule has 0 heterocycles. The van der Waals surface area contributed by atoms with Crippen molar-refractivity contribution in [3.63, 3.8) is 0 Å². The fourth-order valence-electron chi connectivity index (χ4n) is 1.49. The van der Waals surface area contributed by atoms with E-state index in [1.807, 2.05) is 45.0 Å². The Morgan fingerprint density at radius 2 is 2.17 bits per heavy atom. The summed E-state index contributed by atoms with van der Waals surface area (Å²) in [4.78, 5) is 11.9. The minimum absolute atomic E-state index is 0.0365. The molecule has 1 aromatic rings. The lowest BCUT2D eigenvalue weighted by atomic mass is 9.96. The van der Waals surface area contributed by atoms with Gasteiger partial charge in [-0.3, -0.25) is 4.79 Å². The Hall–Kier alpha value is -1.55. The van der Waals surface area contributed by atoms with Crippen LogP contribution >= 0.6 is 0 Å². The number of carbonyl (C=O) groups excluding carboxylic acids is 1. The van der Waals surface area contributed by atoms with Gasteiger partial charge in [-0.05, 0) is 38.5 Å². The van der Waals surface area contributed by atoms with Crippen molar-refractivity contribution in [1.29, 1.82) is 0 Å². The lowest BCUT2D eigenvalue weighted by Crippen LogP contribution is -2.54. The third-order valence-electron chi connectivity index (χ3n) is 3.10. The number of hydrogen-bond donors (Lipinski definition) is 2. The maximum Gasteiger partial charge on any atom is 0.224 e. The number of nitrogens with two attached hydrogens (primary N) is 1. The highest BCUT2D eigenvalue weighted by Crippen LogP contribution is 2.13. The van der Waals surface area contributed by atoms with E-state index in [-0.39, 0.29) is 11.9 Å². The molecular weight excluding hydrogens is 228 g/mol. The fourth-order valence-corrected chi connectivity index (χ4v) is 1.49. The molecule has 100 valence electrons. The molecule has 4 heteroatoms. The Kier molecular flexibility index (Phi) is 4.73. The van der Waals surface area contributed by atoms with E-state index in [9.17, 15) is 4.79 Å². The van der Waals surface area contributed by atoms with Gasteiger partial charge in [0.2, 0.25) is 5.91 Å². The van der Waals surface area contributed by atoms with Gasteiger partial charge in [-0.15, -0.1) is 0 Å². The van der Waals surface area contributed by atoms with Crippen molar-refractivity contribution in [2.45, 2.75) is 38.8 Å². The molecule has 3 N–H and O–H groups in total. The summed E-state index contributed by atoms with van der Waals surface area (Å²) in [5.74, 6) is 0.720. The lowest BCUT2D eigenvalue weighted by Gasteiger charge is -2.30. The van der Waals surface area contributed by atoms with Crippen LogP contribution in [0, 0.1) is 0 Å². The Labute approximate surface area is 109 Å². The number of benzene rings is 1. The first-order valence-corrected chi connectivity index (χ1v) is 6.04. The van der Waals surface area contributed by atoms with Crippen LogP contribution in [0.15, 0.2) is 24.3 Å². The molecule has 0 aliphatic heterocycles. The predicted octanol–water partition coefficient (Wildman–Crippen LogP) is 1.48. The normalized spacial score (nSPS) is 12.9. The summed E-state index contributed by atoms with van der Waals surface area (Å²) in [5, 5.41) is 2.94. The lowest BCUT2D eigenvalue weighted by molar-refractivity contribution is -0.122. The zero-order valence-corrected chi connectivity index (χ0v) is 11.5. The van der Waals surface area contributed by atoms with Crippen molar-refractivity contribution in [3.05, 3.63) is 29.8 Å². The molecule has 18 heavy (non-hydrogen) atoms. The maximum atomic E-state index is 11.9. The second-order valence-electron chi connectivity index (χ2n) is 5.09. The van der Waals surface area contributed by atoms with Crippen molar-refractivity contribution in [2.24, 2.45) is 5.73 Å². The van der Waals surface area contributed by atoms with E-state index < -0.39 is 5.54 Å². The highest BCUT2D eigenvalue weighted by molar-refractivity contribution is 5.79. The summed E-state index contributed by atoms with van der Waals surface area (Å²) in [6.07, 6.45) is 0.327. The second kappa shape index (κ2) is 5.87. The monoisotopic (exact) mass is 250 g/mol. The highest BCUT2D eigenvalue weighted by atomic mass is 16.5. The second-order valence-corrected chi connectivity index (χ2v) is 5.09. The smallest absolute Gasteiger partial charge is 0.224 e. The van der Waals surface area contributed by atoms with Crippen molar-refractivity contribution in [1.82, 2.24) is 5.32 Å². The standard InChI is InChI=1S/C14H22N2O2/c1-10(15)14(2,3)16-13(17)9-11-6-5-7-12(8-11)18-4/h5-8,10H,9,15H2,1-4H3,(H,16,17). The fraction of sp³-hybridized carbons (Fsp3) is 0.500. The third-order valence-corrected chi connectivity index (χ3v) is 3.10. The van der Waals surface area contributed by atoms with Gasteiger partial charge in [-0.1, -0.05) is 12.1 Å². The van der Waals surface area contributed by atoms with Gasteiger partial charge in [0.1, 0.15) is 5.75 Å². The molecule has 0 saturated heterocycles. The van der Waals surface area contributed by atoms with Crippen molar-refractivity contribution < 1.29 is 9.53 Å². The first-order valence-electron chi connectivity index (χ1n) is 6.04. The van der Waals surface area contributed by atoms with Crippen LogP contribution in [0.2, 0.25) is 0 Å². The Balaban J connectivity index is 2.65. The molecule has 1 amide bonds. The molecule has 0 saturated carbocycles. The molecule has 1 unspecified atom stereocenters. The van der Waals surface area contributed by atoms with E-state index in [2.05, 4.69) is 5.32 Å². The van der Waals surface area contributed by atoms with E-state index in [4.69, 9.17) is 10.5 Å². The molecule has 0 aromatic heterocycles. The SMILES string of the molecule is COc1cccc(CC(=O)NC(C)(C)C(C)N)c1. The van der Waals surface area contributed by atoms with Crippen molar-refractivity contribution in [3.8, 4) is 5.75 Å². The molecule has 0 radical (unpaired) electrons. The predicted molar refractivity (Wildman–Crippen MR) is 72.6 cm³/mol. The first-order chi connectivity index (χ1) is 8.35. The van der Waals surface area contributed by atoms with Crippen LogP contribution in [0.5, 0.6) is 5.75 Å². The third kappa shape index (κ3) is 4.04. The molecule has 0 fully saturated rings. The average molecular weight is 250 g/mol. The number of hydrogen-bond acceptors (Lipinski definition) is 3. The minimum atomic E-state index is -0.407. The van der Waals surface area contributed by atoms with Gasteiger partial charge in [0.15, 0.2) is 0 Å². The molecule has 1 atom stereocenters. The van der Waals surface area contributed by atoms with Gasteiger partial charge < -0.3 is 15.8 Å². The maximum absolute atomic E-state index is 11.9. The van der Waals surface area contributed by atoms with Gasteiger partial charge in [0, 0.05) is 11.6 Å². The van der Waals surface area contributed by atoms with Crippen LogP contribution in [0.1, 0.15) is 26.3 Å². The van der Waals surface area contributed by atoms with E-state index in [1.54, 1.807) is 7.11 Å². The number of nitrogens with one attached hydrogen (secondary N) is 1. The Morgan fingerprint density at radius 3 is 2.72 bits per heavy atom. The average Bonchev–Trinajstić information content (AvgIpc) is 2.28. The van der Waals surface area contributed by atoms with E-state index in [0.717, 1.165) is 11.3 Å². The number of methoxy groups -OCH3 is 1. The summed E-state index contributed by atoms with van der Waals surface area (Å²) in [6, 6.07) is 7.39. The van der Waals surface area contributed by atoms with Gasteiger partial charge in [0.25, 0.3) is 0 Å². The summed E-state index contributed by atoms with van der Waals surface area (Å²) >= 11 is 0. The molecule has 1 aromatic carbocycles. The zero-order chi connectivity index (χ0) is 13.8. The van der Waals surface area contributed by atoms with Crippen molar-refractivity contribution in [2.75, 3.05) is 7.11 Å². The topological polar surface area (TPSA) is 64.3 Å². The van der Waals surface area contributed by atoms with E-state index in [1.165, 1.54) is 0 Å². The summed E-state index contributed by atoms with van der Waals surface area (Å²) in [5.41, 5.74) is 6.34. The molecule has 0 aliphatic carbocycles. The summed E-state index contributed by atoms with van der Waals surface area (Å²) in [6.45, 7) is 5.72. The minimum Gasteiger partial charge on any atom is -0.497 e. The van der Waals surface area contributed by atoms with Crippen LogP contribution < -0.4 is 15.8 Å². The molecule has 0 aliphatic rings. The molecule has 1 rings (SSSR count). The number of carbonyl (C=O) groups is 1.